The second-order valence-corrected chi connectivity index (χ2v) is 9.23. The summed E-state index contributed by atoms with van der Waals surface area (Å²) in [6.07, 6.45) is 6.80. The lowest BCUT2D eigenvalue weighted by Crippen LogP contribution is -2.44. The minimum atomic E-state index is -0.121. The van der Waals surface area contributed by atoms with Gasteiger partial charge in [-0.3, -0.25) is 9.89 Å². The first-order chi connectivity index (χ1) is 14.2. The zero-order valence-electron chi connectivity index (χ0n) is 18.7. The molecule has 3 rings (SSSR count). The number of aryl methyl sites for hydroxylation is 1. The number of amides is 1. The number of fused-ring (bicyclic) bond motifs is 1. The Morgan fingerprint density at radius 3 is 2.83 bits per heavy atom. The van der Waals surface area contributed by atoms with E-state index in [4.69, 9.17) is 4.74 Å². The van der Waals surface area contributed by atoms with Crippen molar-refractivity contribution in [1.29, 1.82) is 0 Å². The molecule has 0 saturated heterocycles. The Morgan fingerprint density at radius 1 is 1.40 bits per heavy atom. The molecule has 0 fully saturated rings. The van der Waals surface area contributed by atoms with Gasteiger partial charge in [-0.25, -0.2) is 0 Å². The van der Waals surface area contributed by atoms with Gasteiger partial charge in [-0.15, -0.1) is 0 Å². The molecule has 0 saturated carbocycles. The Balaban J connectivity index is 1.82. The fourth-order valence-electron chi connectivity index (χ4n) is 3.94. The SMILES string of the molecule is COCC(=O)N(CCO)C1C=Cc2cc(-c3n[nH]c(C)c3CCC(C)(C)C)[nH]c2C1. The number of hydrogen-bond acceptors (Lipinski definition) is 4. The molecular weight excluding hydrogens is 380 g/mol. The van der Waals surface area contributed by atoms with Crippen LogP contribution in [0.1, 0.15) is 49.7 Å². The standard InChI is InChI=1S/C23H34N4O3/c1-15-18(8-9-23(2,3)4)22(26-25-15)20-12-16-6-7-17(13-19(16)24-20)27(10-11-28)21(29)14-30-5/h6-7,12,17,24,28H,8-11,13-14H2,1-5H3,(H,25,26). The van der Waals surface area contributed by atoms with Crippen molar-refractivity contribution in [2.45, 2.75) is 53.0 Å². The maximum atomic E-state index is 12.4. The van der Waals surface area contributed by atoms with E-state index < -0.39 is 0 Å². The van der Waals surface area contributed by atoms with Crippen LogP contribution in [0.4, 0.5) is 0 Å². The van der Waals surface area contributed by atoms with Gasteiger partial charge in [0, 0.05) is 37.0 Å². The molecule has 1 aliphatic rings. The molecule has 1 amide bonds. The molecule has 7 heteroatoms. The number of carbonyl (C=O) groups excluding carboxylic acids is 1. The topological polar surface area (TPSA) is 94.2 Å². The fraction of sp³-hybridized carbons (Fsp3) is 0.565. The summed E-state index contributed by atoms with van der Waals surface area (Å²) in [5, 5.41) is 17.1. The average molecular weight is 415 g/mol. The largest absolute Gasteiger partial charge is 0.395 e. The molecule has 0 aliphatic heterocycles. The van der Waals surface area contributed by atoms with Crippen molar-refractivity contribution in [3.63, 3.8) is 0 Å². The summed E-state index contributed by atoms with van der Waals surface area (Å²) in [6, 6.07) is 2.02. The number of aromatic amines is 2. The third-order valence-corrected chi connectivity index (χ3v) is 5.63. The summed E-state index contributed by atoms with van der Waals surface area (Å²) in [5.41, 5.74) is 6.78. The molecule has 164 valence electrons. The summed E-state index contributed by atoms with van der Waals surface area (Å²) < 4.78 is 5.00. The number of methoxy groups -OCH3 is 1. The maximum Gasteiger partial charge on any atom is 0.249 e. The predicted molar refractivity (Wildman–Crippen MR) is 118 cm³/mol. The van der Waals surface area contributed by atoms with E-state index >= 15 is 0 Å². The van der Waals surface area contributed by atoms with Crippen molar-refractivity contribution in [3.05, 3.63) is 34.7 Å². The van der Waals surface area contributed by atoms with Gasteiger partial charge in [-0.2, -0.15) is 5.10 Å². The molecule has 2 heterocycles. The first kappa shape index (κ1) is 22.3. The van der Waals surface area contributed by atoms with E-state index in [9.17, 15) is 9.90 Å². The summed E-state index contributed by atoms with van der Waals surface area (Å²) in [7, 11) is 1.50. The van der Waals surface area contributed by atoms with E-state index in [1.165, 1.54) is 12.7 Å². The van der Waals surface area contributed by atoms with E-state index in [2.05, 4.69) is 48.9 Å². The van der Waals surface area contributed by atoms with Crippen LogP contribution in [0.5, 0.6) is 0 Å². The molecular formula is C23H34N4O3. The van der Waals surface area contributed by atoms with E-state index in [-0.39, 0.29) is 37.1 Å². The van der Waals surface area contributed by atoms with Gasteiger partial charge in [0.25, 0.3) is 0 Å². The summed E-state index contributed by atoms with van der Waals surface area (Å²) in [4.78, 5) is 17.6. The van der Waals surface area contributed by atoms with E-state index in [1.807, 2.05) is 12.2 Å². The lowest BCUT2D eigenvalue weighted by Gasteiger charge is -2.30. The molecule has 1 unspecified atom stereocenters. The number of H-pyrrole nitrogens is 2. The first-order valence-electron chi connectivity index (χ1n) is 10.6. The quantitative estimate of drug-likeness (QED) is 0.619. The molecule has 7 nitrogen and oxygen atoms in total. The monoisotopic (exact) mass is 414 g/mol. The molecule has 2 aromatic heterocycles. The van der Waals surface area contributed by atoms with Crippen LogP contribution in [-0.4, -0.2) is 64.0 Å². The molecule has 0 radical (unpaired) electrons. The van der Waals surface area contributed by atoms with Crippen LogP contribution in [0.15, 0.2) is 12.1 Å². The highest BCUT2D eigenvalue weighted by atomic mass is 16.5. The number of nitrogens with one attached hydrogen (secondary N) is 2. The van der Waals surface area contributed by atoms with Crippen molar-refractivity contribution < 1.29 is 14.6 Å². The number of aromatic nitrogens is 3. The van der Waals surface area contributed by atoms with Crippen LogP contribution in [0.3, 0.4) is 0 Å². The molecule has 1 aliphatic carbocycles. The van der Waals surface area contributed by atoms with E-state index in [0.29, 0.717) is 6.42 Å². The number of hydrogen-bond donors (Lipinski definition) is 3. The lowest BCUT2D eigenvalue weighted by atomic mass is 9.88. The molecule has 0 spiro atoms. The van der Waals surface area contributed by atoms with Gasteiger partial charge >= 0.3 is 0 Å². The smallest absolute Gasteiger partial charge is 0.249 e. The van der Waals surface area contributed by atoms with Crippen LogP contribution in [0, 0.1) is 12.3 Å². The van der Waals surface area contributed by atoms with Crippen molar-refractivity contribution in [2.75, 3.05) is 26.9 Å². The summed E-state index contributed by atoms with van der Waals surface area (Å²) in [6.45, 7) is 9.05. The Bertz CT molecular complexity index is 904. The zero-order chi connectivity index (χ0) is 21.9. The fourth-order valence-corrected chi connectivity index (χ4v) is 3.94. The van der Waals surface area contributed by atoms with E-state index in [0.717, 1.165) is 41.2 Å². The van der Waals surface area contributed by atoms with Gasteiger partial charge in [-0.1, -0.05) is 32.9 Å². The highest BCUT2D eigenvalue weighted by Gasteiger charge is 2.26. The molecule has 30 heavy (non-hydrogen) atoms. The van der Waals surface area contributed by atoms with E-state index in [1.54, 1.807) is 4.90 Å². The number of aliphatic hydroxyl groups excluding tert-OH is 1. The van der Waals surface area contributed by atoms with Gasteiger partial charge in [0.1, 0.15) is 12.3 Å². The van der Waals surface area contributed by atoms with Crippen LogP contribution in [-0.2, 0) is 22.4 Å². The molecule has 0 bridgehead atoms. The second kappa shape index (κ2) is 9.18. The number of carbonyl (C=O) groups is 1. The van der Waals surface area contributed by atoms with Crippen LogP contribution in [0.25, 0.3) is 17.5 Å². The van der Waals surface area contributed by atoms with Gasteiger partial charge in [-0.05, 0) is 36.8 Å². The number of rotatable bonds is 8. The van der Waals surface area contributed by atoms with Crippen LogP contribution < -0.4 is 0 Å². The minimum absolute atomic E-state index is 0.0108. The average Bonchev–Trinajstić information content (AvgIpc) is 3.26. The highest BCUT2D eigenvalue weighted by molar-refractivity contribution is 5.79. The molecule has 2 aromatic rings. The third kappa shape index (κ3) is 5.02. The maximum absolute atomic E-state index is 12.4. The van der Waals surface area contributed by atoms with Gasteiger partial charge in [0.15, 0.2) is 0 Å². The number of aliphatic hydroxyl groups is 1. The minimum Gasteiger partial charge on any atom is -0.395 e. The number of nitrogens with zero attached hydrogens (tertiary/aromatic N) is 2. The Hall–Kier alpha value is -2.38. The Morgan fingerprint density at radius 2 is 2.17 bits per heavy atom. The Labute approximate surface area is 178 Å². The van der Waals surface area contributed by atoms with Crippen LogP contribution >= 0.6 is 0 Å². The highest BCUT2D eigenvalue weighted by Crippen LogP contribution is 2.32. The predicted octanol–water partition coefficient (Wildman–Crippen LogP) is 3.10. The van der Waals surface area contributed by atoms with Crippen molar-refractivity contribution in [3.8, 4) is 11.4 Å². The van der Waals surface area contributed by atoms with Gasteiger partial charge in [0.05, 0.1) is 18.3 Å². The molecule has 3 N–H and O–H groups in total. The van der Waals surface area contributed by atoms with Gasteiger partial charge in [0.2, 0.25) is 5.91 Å². The van der Waals surface area contributed by atoms with Crippen LogP contribution in [0.2, 0.25) is 0 Å². The zero-order valence-corrected chi connectivity index (χ0v) is 18.7. The number of ether oxygens (including phenoxy) is 1. The van der Waals surface area contributed by atoms with Crippen molar-refractivity contribution in [1.82, 2.24) is 20.1 Å². The summed E-state index contributed by atoms with van der Waals surface area (Å²) >= 11 is 0. The molecule has 1 atom stereocenters. The Kier molecular flexibility index (Phi) is 6.83. The second-order valence-electron chi connectivity index (χ2n) is 9.23. The summed E-state index contributed by atoms with van der Waals surface area (Å²) in [5.74, 6) is -0.121. The lowest BCUT2D eigenvalue weighted by molar-refractivity contribution is -0.137. The first-order valence-corrected chi connectivity index (χ1v) is 10.6. The van der Waals surface area contributed by atoms with Crippen molar-refractivity contribution >= 4 is 12.0 Å². The third-order valence-electron chi connectivity index (χ3n) is 5.63. The molecule has 0 aromatic carbocycles. The normalized spacial score (nSPS) is 16.0. The van der Waals surface area contributed by atoms with Gasteiger partial charge < -0.3 is 19.7 Å². The van der Waals surface area contributed by atoms with Crippen molar-refractivity contribution in [2.24, 2.45) is 5.41 Å².